The first-order valence-corrected chi connectivity index (χ1v) is 12.2. The van der Waals surface area contributed by atoms with Gasteiger partial charge in [0.25, 0.3) is 11.8 Å². The molecule has 0 aliphatic carbocycles. The summed E-state index contributed by atoms with van der Waals surface area (Å²) in [6.45, 7) is 5.14. The van der Waals surface area contributed by atoms with E-state index in [9.17, 15) is 18.4 Å². The first-order valence-electron chi connectivity index (χ1n) is 12.2. The first kappa shape index (κ1) is 23.6. The summed E-state index contributed by atoms with van der Waals surface area (Å²) in [6.07, 6.45) is 2.33. The van der Waals surface area contributed by atoms with Crippen LogP contribution in [0.2, 0.25) is 0 Å². The summed E-state index contributed by atoms with van der Waals surface area (Å²) in [6, 6.07) is 6.19. The maximum absolute atomic E-state index is 14.8. The summed E-state index contributed by atoms with van der Waals surface area (Å²) in [4.78, 5) is 30.3. The minimum atomic E-state index is -0.610. The molecule has 8 nitrogen and oxygen atoms in total. The van der Waals surface area contributed by atoms with Crippen LogP contribution in [0, 0.1) is 11.8 Å². The number of hydrogen-bond acceptors (Lipinski definition) is 6. The number of halogens is 2. The molecule has 2 fully saturated rings. The standard InChI is InChI=1S/C25H29F2N5O3/c1-2-21-25(34)29-20-12-16(18(26)13-22(20)35-21)14-31-10-6-15(7-11-31)17-4-5-19(28-23(17)27)24(33)30-32-8-3-9-32/h4-5,12-13,15,21H,2-3,6-11,14H2,1H3,(H,29,34)(H,30,33). The van der Waals surface area contributed by atoms with Crippen molar-refractivity contribution < 1.29 is 23.1 Å². The number of ether oxygens (including phenoxy) is 1. The number of fused-ring (bicyclic) bond motifs is 1. The molecule has 2 amide bonds. The van der Waals surface area contributed by atoms with E-state index in [1.165, 1.54) is 6.07 Å². The Morgan fingerprint density at radius 1 is 1.20 bits per heavy atom. The van der Waals surface area contributed by atoms with E-state index in [0.717, 1.165) is 19.5 Å². The molecule has 1 unspecified atom stereocenters. The van der Waals surface area contributed by atoms with Gasteiger partial charge in [-0.05, 0) is 56.8 Å². The van der Waals surface area contributed by atoms with Crippen molar-refractivity contribution in [2.24, 2.45) is 0 Å². The Kier molecular flexibility index (Phi) is 6.66. The van der Waals surface area contributed by atoms with E-state index in [0.29, 0.717) is 61.5 Å². The molecule has 1 aromatic carbocycles. The molecule has 186 valence electrons. The van der Waals surface area contributed by atoms with Crippen LogP contribution >= 0.6 is 0 Å². The summed E-state index contributed by atoms with van der Waals surface area (Å²) in [7, 11) is 0. The number of anilines is 1. The Balaban J connectivity index is 1.19. The summed E-state index contributed by atoms with van der Waals surface area (Å²) >= 11 is 0. The Morgan fingerprint density at radius 2 is 1.97 bits per heavy atom. The minimum Gasteiger partial charge on any atom is -0.478 e. The lowest BCUT2D eigenvalue weighted by Gasteiger charge is -2.33. The van der Waals surface area contributed by atoms with E-state index in [1.54, 1.807) is 23.2 Å². The van der Waals surface area contributed by atoms with Gasteiger partial charge in [-0.2, -0.15) is 4.39 Å². The van der Waals surface area contributed by atoms with Crippen LogP contribution < -0.4 is 15.5 Å². The number of likely N-dealkylation sites (tertiary alicyclic amines) is 1. The van der Waals surface area contributed by atoms with Gasteiger partial charge in [-0.15, -0.1) is 0 Å². The smallest absolute Gasteiger partial charge is 0.284 e. The van der Waals surface area contributed by atoms with Gasteiger partial charge in [-0.3, -0.25) is 19.9 Å². The number of hydrogen-bond donors (Lipinski definition) is 2. The van der Waals surface area contributed by atoms with E-state index in [4.69, 9.17) is 4.74 Å². The molecule has 35 heavy (non-hydrogen) atoms. The van der Waals surface area contributed by atoms with Crippen LogP contribution in [-0.2, 0) is 11.3 Å². The number of rotatable bonds is 6. The van der Waals surface area contributed by atoms with Gasteiger partial charge in [-0.25, -0.2) is 14.4 Å². The zero-order valence-electron chi connectivity index (χ0n) is 19.7. The average molecular weight is 486 g/mol. The van der Waals surface area contributed by atoms with Crippen LogP contribution in [0.3, 0.4) is 0 Å². The molecule has 5 rings (SSSR count). The van der Waals surface area contributed by atoms with Crippen molar-refractivity contribution in [1.29, 1.82) is 0 Å². The second-order valence-electron chi connectivity index (χ2n) is 9.35. The maximum atomic E-state index is 14.8. The SMILES string of the molecule is CCC1Oc2cc(F)c(CN3CCC(c4ccc(C(=O)NN5CCC5)nc4F)CC3)cc2NC1=O. The lowest BCUT2D eigenvalue weighted by atomic mass is 9.90. The van der Waals surface area contributed by atoms with Crippen molar-refractivity contribution in [2.45, 2.75) is 51.2 Å². The second kappa shape index (κ2) is 9.87. The molecular weight excluding hydrogens is 456 g/mol. The van der Waals surface area contributed by atoms with Gasteiger partial charge in [0.1, 0.15) is 17.3 Å². The van der Waals surface area contributed by atoms with Gasteiger partial charge in [0.2, 0.25) is 5.95 Å². The summed E-state index contributed by atoms with van der Waals surface area (Å²) in [5, 5.41) is 4.58. The van der Waals surface area contributed by atoms with Gasteiger partial charge >= 0.3 is 0 Å². The highest BCUT2D eigenvalue weighted by Gasteiger charge is 2.29. The molecule has 0 saturated carbocycles. The maximum Gasteiger partial charge on any atom is 0.284 e. The van der Waals surface area contributed by atoms with Crippen LogP contribution in [-0.4, -0.2) is 59.0 Å². The first-order chi connectivity index (χ1) is 16.9. The Labute approximate surface area is 202 Å². The number of amides is 2. The topological polar surface area (TPSA) is 86.8 Å². The summed E-state index contributed by atoms with van der Waals surface area (Å²) in [5.41, 5.74) is 4.26. The molecule has 0 spiro atoms. The predicted octanol–water partition coefficient (Wildman–Crippen LogP) is 3.20. The van der Waals surface area contributed by atoms with Crippen LogP contribution in [0.1, 0.15) is 60.1 Å². The fourth-order valence-corrected chi connectivity index (χ4v) is 4.75. The molecule has 0 radical (unpaired) electrons. The number of nitrogens with zero attached hydrogens (tertiary/aromatic N) is 3. The third-order valence-corrected chi connectivity index (χ3v) is 6.99. The van der Waals surface area contributed by atoms with E-state index >= 15 is 0 Å². The average Bonchev–Trinajstić information content (AvgIpc) is 2.82. The fourth-order valence-electron chi connectivity index (χ4n) is 4.75. The Hall–Kier alpha value is -3.11. The van der Waals surface area contributed by atoms with Gasteiger partial charge in [0.15, 0.2) is 6.10 Å². The molecule has 3 aliphatic rings. The van der Waals surface area contributed by atoms with Crippen molar-refractivity contribution in [3.63, 3.8) is 0 Å². The van der Waals surface area contributed by atoms with Crippen LogP contribution in [0.5, 0.6) is 5.75 Å². The van der Waals surface area contributed by atoms with Gasteiger partial charge in [-0.1, -0.05) is 13.0 Å². The molecule has 2 saturated heterocycles. The van der Waals surface area contributed by atoms with Gasteiger partial charge in [0, 0.05) is 36.8 Å². The largest absolute Gasteiger partial charge is 0.478 e. The van der Waals surface area contributed by atoms with Crippen LogP contribution in [0.15, 0.2) is 24.3 Å². The highest BCUT2D eigenvalue weighted by molar-refractivity contribution is 5.97. The van der Waals surface area contributed by atoms with E-state index < -0.39 is 18.0 Å². The lowest BCUT2D eigenvalue weighted by Crippen LogP contribution is -2.50. The molecule has 2 aromatic rings. The summed E-state index contributed by atoms with van der Waals surface area (Å²) < 4.78 is 35.1. The highest BCUT2D eigenvalue weighted by atomic mass is 19.1. The van der Waals surface area contributed by atoms with Crippen molar-refractivity contribution in [3.8, 4) is 5.75 Å². The molecule has 0 bridgehead atoms. The normalized spacial score (nSPS) is 21.0. The number of aromatic nitrogens is 1. The molecule has 1 aromatic heterocycles. The monoisotopic (exact) mass is 485 g/mol. The zero-order chi connectivity index (χ0) is 24.5. The third kappa shape index (κ3) is 4.99. The van der Waals surface area contributed by atoms with Crippen LogP contribution in [0.25, 0.3) is 0 Å². The van der Waals surface area contributed by atoms with Crippen molar-refractivity contribution in [3.05, 3.63) is 52.9 Å². The molecular formula is C25H29F2N5O3. The number of hydrazine groups is 1. The molecule has 10 heteroatoms. The summed E-state index contributed by atoms with van der Waals surface area (Å²) in [5.74, 6) is -1.28. The number of nitrogens with one attached hydrogen (secondary N) is 2. The molecule has 1 atom stereocenters. The quantitative estimate of drug-likeness (QED) is 0.612. The van der Waals surface area contributed by atoms with Gasteiger partial charge < -0.3 is 10.1 Å². The predicted molar refractivity (Wildman–Crippen MR) is 125 cm³/mol. The highest BCUT2D eigenvalue weighted by Crippen LogP contribution is 2.35. The minimum absolute atomic E-state index is 0.0155. The number of pyridine rings is 1. The van der Waals surface area contributed by atoms with Crippen molar-refractivity contribution in [1.82, 2.24) is 20.3 Å². The van der Waals surface area contributed by atoms with E-state index in [-0.39, 0.29) is 23.3 Å². The van der Waals surface area contributed by atoms with Crippen molar-refractivity contribution >= 4 is 17.5 Å². The Bertz CT molecular complexity index is 1130. The molecule has 2 N–H and O–H groups in total. The van der Waals surface area contributed by atoms with E-state index in [2.05, 4.69) is 20.6 Å². The fraction of sp³-hybridized carbons (Fsp3) is 0.480. The van der Waals surface area contributed by atoms with Gasteiger partial charge in [0.05, 0.1) is 5.69 Å². The molecule has 3 aliphatic heterocycles. The number of carbonyl (C=O) groups is 2. The number of carbonyl (C=O) groups excluding carboxylic acids is 2. The molecule has 4 heterocycles. The number of piperidine rings is 1. The zero-order valence-corrected chi connectivity index (χ0v) is 19.7. The second-order valence-corrected chi connectivity index (χ2v) is 9.35. The number of benzene rings is 1. The third-order valence-electron chi connectivity index (χ3n) is 6.99. The van der Waals surface area contributed by atoms with Crippen molar-refractivity contribution in [2.75, 3.05) is 31.5 Å². The lowest BCUT2D eigenvalue weighted by molar-refractivity contribution is -0.123. The Morgan fingerprint density at radius 3 is 2.63 bits per heavy atom. The van der Waals surface area contributed by atoms with Crippen LogP contribution in [0.4, 0.5) is 14.5 Å². The van der Waals surface area contributed by atoms with E-state index in [1.807, 2.05) is 6.92 Å².